The van der Waals surface area contributed by atoms with Gasteiger partial charge in [0.15, 0.2) is 0 Å². The fraction of sp³-hybridized carbons (Fsp3) is 0.947. The number of carbonyl (C=O) groups is 1. The maximum Gasteiger partial charge on any atom is 0.311 e. The van der Waals surface area contributed by atoms with Crippen molar-refractivity contribution in [2.75, 3.05) is 344 Å². The number of ether oxygens (including phenoxy) is 24. The molecular weight excluding hydrogens is 1130 g/mol. The molecule has 0 aromatic rings. The Labute approximate surface area is 507 Å². The van der Waals surface area contributed by atoms with Crippen LogP contribution in [0, 0.1) is 0 Å². The first-order chi connectivity index (χ1) is 42.1. The molecular formula is C57H114NO27+. The molecule has 0 amide bonds. The summed E-state index contributed by atoms with van der Waals surface area (Å²) in [5.74, 6) is -0.347. The molecule has 0 aliphatic rings. The van der Waals surface area contributed by atoms with Gasteiger partial charge in [-0.3, -0.25) is 4.79 Å². The van der Waals surface area contributed by atoms with E-state index in [2.05, 4.69) is 6.58 Å². The van der Waals surface area contributed by atoms with Crippen molar-refractivity contribution in [1.82, 2.24) is 0 Å². The predicted octanol–water partition coefficient (Wildman–Crippen LogP) is 0.266. The van der Waals surface area contributed by atoms with Gasteiger partial charge in [-0.2, -0.15) is 0 Å². The highest BCUT2D eigenvalue weighted by atomic mass is 16.7. The molecule has 0 bridgehead atoms. The Morgan fingerprint density at radius 3 is 0.729 bits per heavy atom. The third-order valence-corrected chi connectivity index (χ3v) is 11.2. The second kappa shape index (κ2) is 74.6. The molecule has 0 atom stereocenters. The van der Waals surface area contributed by atoms with E-state index in [-0.39, 0.29) is 45.6 Å². The van der Waals surface area contributed by atoms with Crippen molar-refractivity contribution < 1.29 is 133 Å². The van der Waals surface area contributed by atoms with Gasteiger partial charge < -0.3 is 128 Å². The van der Waals surface area contributed by atoms with Crippen LogP contribution in [0.1, 0.15) is 12.8 Å². The Morgan fingerprint density at radius 2 is 0.518 bits per heavy atom. The fourth-order valence-corrected chi connectivity index (χ4v) is 6.80. The Bertz CT molecular complexity index is 1270. The van der Waals surface area contributed by atoms with Gasteiger partial charge in [-0.15, -0.1) is 0 Å². The molecule has 0 heterocycles. The van der Waals surface area contributed by atoms with E-state index in [4.69, 9.17) is 114 Å². The normalized spacial score (nSPS) is 11.8. The van der Waals surface area contributed by atoms with E-state index >= 15 is 0 Å². The number of hydrogen-bond acceptors (Lipinski definition) is 27. The lowest BCUT2D eigenvalue weighted by Gasteiger charge is -2.36. The lowest BCUT2D eigenvalue weighted by Crippen LogP contribution is -2.52. The first-order valence-corrected chi connectivity index (χ1v) is 30.2. The van der Waals surface area contributed by atoms with E-state index in [9.17, 15) is 15.0 Å². The van der Waals surface area contributed by atoms with Crippen molar-refractivity contribution in [3.05, 3.63) is 12.7 Å². The fourth-order valence-electron chi connectivity index (χ4n) is 6.80. The second-order valence-electron chi connectivity index (χ2n) is 17.9. The molecule has 0 aromatic carbocycles. The smallest absolute Gasteiger partial charge is 0.311 e. The van der Waals surface area contributed by atoms with Crippen LogP contribution in [0.3, 0.4) is 0 Å². The van der Waals surface area contributed by atoms with Gasteiger partial charge in [0.05, 0.1) is 310 Å². The number of methoxy groups -OCH3 is 1. The van der Waals surface area contributed by atoms with Crippen molar-refractivity contribution >= 4 is 5.97 Å². The van der Waals surface area contributed by atoms with Gasteiger partial charge in [0, 0.05) is 13.7 Å². The van der Waals surface area contributed by atoms with Gasteiger partial charge in [0.25, 0.3) is 0 Å². The summed E-state index contributed by atoms with van der Waals surface area (Å²) in [6.07, 6.45) is 2.76. The molecule has 0 aliphatic heterocycles. The minimum Gasteiger partial charge on any atom is -0.463 e. The zero-order valence-electron chi connectivity index (χ0n) is 51.8. The Hall–Kier alpha value is -1.83. The minimum atomic E-state index is -0.347. The van der Waals surface area contributed by atoms with E-state index < -0.39 is 0 Å². The molecule has 0 fully saturated rings. The van der Waals surface area contributed by atoms with Crippen molar-refractivity contribution in [2.45, 2.75) is 12.8 Å². The summed E-state index contributed by atoms with van der Waals surface area (Å²) in [6, 6.07) is 0. The molecule has 0 spiro atoms. The summed E-state index contributed by atoms with van der Waals surface area (Å²) in [5, 5.41) is 18.8. The van der Waals surface area contributed by atoms with Crippen LogP contribution in [0.5, 0.6) is 0 Å². The van der Waals surface area contributed by atoms with E-state index in [1.54, 1.807) is 13.2 Å². The number of aliphatic hydroxyl groups is 2. The molecule has 0 saturated carbocycles. The average molecular weight is 1250 g/mol. The van der Waals surface area contributed by atoms with Crippen LogP contribution in [-0.2, 0) is 118 Å². The maximum atomic E-state index is 12.1. The zero-order valence-corrected chi connectivity index (χ0v) is 51.8. The molecule has 28 nitrogen and oxygen atoms in total. The number of quaternary nitrogens is 1. The van der Waals surface area contributed by atoms with Crippen LogP contribution in [-0.4, -0.2) is 365 Å². The van der Waals surface area contributed by atoms with Crippen molar-refractivity contribution in [2.24, 2.45) is 0 Å². The van der Waals surface area contributed by atoms with Crippen molar-refractivity contribution in [3.8, 4) is 0 Å². The van der Waals surface area contributed by atoms with Gasteiger partial charge in [0.2, 0.25) is 0 Å². The molecule has 85 heavy (non-hydrogen) atoms. The van der Waals surface area contributed by atoms with Gasteiger partial charge in [0.1, 0.15) is 26.5 Å². The molecule has 0 aromatic heterocycles. The highest BCUT2D eigenvalue weighted by Crippen LogP contribution is 2.09. The van der Waals surface area contributed by atoms with E-state index in [1.807, 2.05) is 0 Å². The van der Waals surface area contributed by atoms with Crippen LogP contribution in [0.2, 0.25) is 0 Å². The molecule has 0 radical (unpaired) electrons. The molecule has 2 N–H and O–H groups in total. The van der Waals surface area contributed by atoms with Crippen molar-refractivity contribution in [1.29, 1.82) is 0 Å². The summed E-state index contributed by atoms with van der Waals surface area (Å²) < 4.78 is 131. The largest absolute Gasteiger partial charge is 0.463 e. The summed E-state index contributed by atoms with van der Waals surface area (Å²) in [6.45, 7) is 26.4. The molecule has 0 saturated heterocycles. The SMILES string of the molecule is C=CC[N+](CCO)(CCO)CCC(=O)OCCOCCOCCOCCOCCOCCOCCOCCOCCOCCOCCOCCOCCOCCOCCOCCOCCOCCOCCOCCOCCOCOCCCOC. The molecule has 0 aliphatic carbocycles. The van der Waals surface area contributed by atoms with Gasteiger partial charge in [-0.25, -0.2) is 0 Å². The van der Waals surface area contributed by atoms with Crippen LogP contribution in [0.4, 0.5) is 0 Å². The Kier molecular flexibility index (Phi) is 73.0. The molecule has 0 unspecified atom stereocenters. The van der Waals surface area contributed by atoms with Gasteiger partial charge in [-0.1, -0.05) is 6.58 Å². The van der Waals surface area contributed by atoms with Crippen LogP contribution in [0.15, 0.2) is 12.7 Å². The quantitative estimate of drug-likeness (QED) is 0.0272. The topological polar surface area (TPSA) is 279 Å². The van der Waals surface area contributed by atoms with Gasteiger partial charge in [-0.05, 0) is 12.5 Å². The van der Waals surface area contributed by atoms with Crippen LogP contribution < -0.4 is 0 Å². The van der Waals surface area contributed by atoms with Crippen LogP contribution >= 0.6 is 0 Å². The number of hydrogen-bond donors (Lipinski definition) is 2. The number of rotatable bonds is 78. The monoisotopic (exact) mass is 1240 g/mol. The zero-order chi connectivity index (χ0) is 61.2. The third kappa shape index (κ3) is 69.5. The Balaban J connectivity index is 3.16. The third-order valence-electron chi connectivity index (χ3n) is 11.2. The highest BCUT2D eigenvalue weighted by molar-refractivity contribution is 5.69. The molecule has 0 rings (SSSR count). The highest BCUT2D eigenvalue weighted by Gasteiger charge is 2.26. The number of carbonyl (C=O) groups excluding carboxylic acids is 1. The summed E-state index contributed by atoms with van der Waals surface area (Å²) >= 11 is 0. The number of aliphatic hydroxyl groups excluding tert-OH is 2. The first-order valence-electron chi connectivity index (χ1n) is 30.2. The van der Waals surface area contributed by atoms with Gasteiger partial charge >= 0.3 is 5.97 Å². The summed E-state index contributed by atoms with van der Waals surface area (Å²) in [4.78, 5) is 12.1. The van der Waals surface area contributed by atoms with Crippen molar-refractivity contribution in [3.63, 3.8) is 0 Å². The van der Waals surface area contributed by atoms with E-state index in [1.165, 1.54) is 0 Å². The maximum absolute atomic E-state index is 12.1. The van der Waals surface area contributed by atoms with E-state index in [0.717, 1.165) is 6.42 Å². The predicted molar refractivity (Wildman–Crippen MR) is 309 cm³/mol. The lowest BCUT2D eigenvalue weighted by atomic mass is 10.2. The standard InChI is InChI=1S/C57H114NO27/c1-3-6-58(8-10-59,9-11-60)7-5-57(61)85-55-54-82-51-50-80-47-46-78-43-42-76-39-38-74-35-34-72-31-30-70-27-26-68-23-22-66-19-18-64-15-14-63-16-17-65-20-21-67-24-25-69-28-29-71-32-33-73-36-37-75-40-41-77-44-45-79-48-49-81-52-53-84-56-83-13-4-12-62-2/h3,59-60H,1,4-56H2,2H3/q+1. The number of nitrogens with zero attached hydrogens (tertiary/aromatic N) is 1. The number of esters is 1. The summed E-state index contributed by atoms with van der Waals surface area (Å²) in [7, 11) is 1.67. The average Bonchev–Trinajstić information content (AvgIpc) is 3.69. The second-order valence-corrected chi connectivity index (χ2v) is 17.9. The van der Waals surface area contributed by atoms with E-state index in [0.29, 0.717) is 308 Å². The Morgan fingerprint density at radius 1 is 0.306 bits per heavy atom. The first kappa shape index (κ1) is 83.2. The van der Waals surface area contributed by atoms with Crippen LogP contribution in [0.25, 0.3) is 0 Å². The lowest BCUT2D eigenvalue weighted by molar-refractivity contribution is -0.922. The molecule has 28 heteroatoms. The minimum absolute atomic E-state index is 0.0385. The molecule has 508 valence electrons. The summed E-state index contributed by atoms with van der Waals surface area (Å²) in [5.41, 5.74) is 0.